The first-order valence-electron chi connectivity index (χ1n) is 14.3. The summed E-state index contributed by atoms with van der Waals surface area (Å²) in [6.45, 7) is 6.20. The second kappa shape index (κ2) is 16.2. The minimum Gasteiger partial charge on any atom is -0.492 e. The Morgan fingerprint density at radius 3 is 2.21 bits per heavy atom. The van der Waals surface area contributed by atoms with Crippen LogP contribution in [0.1, 0.15) is 39.2 Å². The smallest absolute Gasteiger partial charge is 0.264 e. The Labute approximate surface area is 254 Å². The molecule has 3 aromatic carbocycles. The van der Waals surface area contributed by atoms with E-state index in [0.29, 0.717) is 31.7 Å². The van der Waals surface area contributed by atoms with Crippen LogP contribution in [-0.2, 0) is 26.0 Å². The van der Waals surface area contributed by atoms with Crippen molar-refractivity contribution < 1.29 is 22.7 Å². The van der Waals surface area contributed by atoms with Gasteiger partial charge in [0.2, 0.25) is 11.8 Å². The molecule has 226 valence electrons. The number of ether oxygens (including phenoxy) is 1. The topological polar surface area (TPSA) is 96.0 Å². The molecule has 2 amide bonds. The fourth-order valence-corrected chi connectivity index (χ4v) is 6.42. The molecule has 0 saturated carbocycles. The fraction of sp³-hybridized carbons (Fsp3) is 0.375. The maximum Gasteiger partial charge on any atom is 0.264 e. The summed E-state index contributed by atoms with van der Waals surface area (Å²) < 4.78 is 35.2. The molecular formula is C32H41N3O5S2. The van der Waals surface area contributed by atoms with Crippen molar-refractivity contribution in [3.63, 3.8) is 0 Å². The number of hydrogen-bond donors (Lipinski definition) is 1. The zero-order valence-corrected chi connectivity index (χ0v) is 26.4. The van der Waals surface area contributed by atoms with E-state index >= 15 is 0 Å². The van der Waals surface area contributed by atoms with Crippen LogP contribution in [0, 0.1) is 0 Å². The van der Waals surface area contributed by atoms with Gasteiger partial charge in [-0.05, 0) is 74.4 Å². The SMILES string of the molecule is CCCNC(=O)[C@H](CC)N(CCc1ccccc1)C(=O)CN(c1ccccc1OCC)S(=O)(=O)c1ccc(SC)cc1. The highest BCUT2D eigenvalue weighted by atomic mass is 32.2. The molecule has 0 aliphatic rings. The zero-order valence-electron chi connectivity index (χ0n) is 24.8. The van der Waals surface area contributed by atoms with Crippen molar-refractivity contribution in [2.75, 3.05) is 36.8 Å². The molecule has 0 heterocycles. The average molecular weight is 612 g/mol. The van der Waals surface area contributed by atoms with Crippen LogP contribution in [0.2, 0.25) is 0 Å². The Morgan fingerprint density at radius 1 is 0.929 bits per heavy atom. The van der Waals surface area contributed by atoms with Gasteiger partial charge in [-0.3, -0.25) is 13.9 Å². The van der Waals surface area contributed by atoms with Gasteiger partial charge in [-0.1, -0.05) is 56.3 Å². The van der Waals surface area contributed by atoms with Gasteiger partial charge in [0.15, 0.2) is 0 Å². The minimum absolute atomic E-state index is 0.0583. The largest absolute Gasteiger partial charge is 0.492 e. The van der Waals surface area contributed by atoms with Crippen LogP contribution in [-0.4, -0.2) is 63.7 Å². The zero-order chi connectivity index (χ0) is 30.5. The van der Waals surface area contributed by atoms with E-state index in [1.165, 1.54) is 16.7 Å². The first-order chi connectivity index (χ1) is 20.3. The fourth-order valence-electron chi connectivity index (χ4n) is 4.59. The quantitative estimate of drug-likeness (QED) is 0.219. The van der Waals surface area contributed by atoms with Gasteiger partial charge in [-0.25, -0.2) is 8.42 Å². The van der Waals surface area contributed by atoms with Gasteiger partial charge in [0.05, 0.1) is 17.2 Å². The maximum absolute atomic E-state index is 14.2. The van der Waals surface area contributed by atoms with E-state index in [1.807, 2.05) is 57.4 Å². The van der Waals surface area contributed by atoms with Crippen molar-refractivity contribution in [2.24, 2.45) is 0 Å². The lowest BCUT2D eigenvalue weighted by molar-refractivity contribution is -0.139. The number of carbonyl (C=O) groups is 2. The summed E-state index contributed by atoms with van der Waals surface area (Å²) in [4.78, 5) is 29.9. The molecule has 3 rings (SSSR count). The van der Waals surface area contributed by atoms with Gasteiger partial charge in [0, 0.05) is 18.0 Å². The van der Waals surface area contributed by atoms with Crippen LogP contribution in [0.25, 0.3) is 0 Å². The van der Waals surface area contributed by atoms with Gasteiger partial charge in [0.25, 0.3) is 10.0 Å². The highest BCUT2D eigenvalue weighted by Crippen LogP contribution is 2.33. The number of carbonyl (C=O) groups excluding carboxylic acids is 2. The number of rotatable bonds is 16. The molecule has 1 N–H and O–H groups in total. The molecule has 42 heavy (non-hydrogen) atoms. The van der Waals surface area contributed by atoms with E-state index in [-0.39, 0.29) is 23.0 Å². The van der Waals surface area contributed by atoms with Crippen LogP contribution in [0.4, 0.5) is 5.69 Å². The summed E-state index contributed by atoms with van der Waals surface area (Å²) >= 11 is 1.51. The molecule has 10 heteroatoms. The summed E-state index contributed by atoms with van der Waals surface area (Å²) in [5, 5.41) is 2.91. The Hall–Kier alpha value is -3.50. The molecule has 0 spiro atoms. The average Bonchev–Trinajstić information content (AvgIpc) is 3.01. The number of sulfonamides is 1. The Morgan fingerprint density at radius 2 is 1.60 bits per heavy atom. The lowest BCUT2D eigenvalue weighted by atomic mass is 10.1. The number of benzene rings is 3. The second-order valence-electron chi connectivity index (χ2n) is 9.63. The molecule has 0 bridgehead atoms. The standard InChI is InChI=1S/C32H41N3O5S2/c1-5-22-33-32(37)28(6-2)34(23-21-25-13-9-8-10-14-25)31(36)24-35(29-15-11-12-16-30(29)40-7-3)42(38,39)27-19-17-26(41-4)18-20-27/h8-20,28H,5-7,21-24H2,1-4H3,(H,33,37)/t28-/m0/s1. The third-order valence-corrected chi connectivity index (χ3v) is 9.30. The van der Waals surface area contributed by atoms with Crippen molar-refractivity contribution in [1.82, 2.24) is 10.2 Å². The van der Waals surface area contributed by atoms with Gasteiger partial charge >= 0.3 is 0 Å². The van der Waals surface area contributed by atoms with Crippen LogP contribution in [0.3, 0.4) is 0 Å². The number of thioether (sulfide) groups is 1. The molecule has 0 radical (unpaired) electrons. The van der Waals surface area contributed by atoms with E-state index in [4.69, 9.17) is 4.74 Å². The van der Waals surface area contributed by atoms with Crippen molar-refractivity contribution in [1.29, 1.82) is 0 Å². The summed E-state index contributed by atoms with van der Waals surface area (Å²) in [5.41, 5.74) is 1.27. The number of nitrogens with zero attached hydrogens (tertiary/aromatic N) is 2. The van der Waals surface area contributed by atoms with Gasteiger partial charge < -0.3 is 15.0 Å². The molecule has 0 aromatic heterocycles. The van der Waals surface area contributed by atoms with Gasteiger partial charge in [-0.2, -0.15) is 0 Å². The van der Waals surface area contributed by atoms with Crippen molar-refractivity contribution in [3.05, 3.63) is 84.4 Å². The van der Waals surface area contributed by atoms with Crippen molar-refractivity contribution in [3.8, 4) is 5.75 Å². The molecule has 0 aliphatic carbocycles. The molecule has 0 saturated heterocycles. The highest BCUT2D eigenvalue weighted by molar-refractivity contribution is 7.98. The van der Waals surface area contributed by atoms with E-state index in [2.05, 4.69) is 5.32 Å². The van der Waals surface area contributed by atoms with E-state index < -0.39 is 28.5 Å². The summed E-state index contributed by atoms with van der Waals surface area (Å²) in [5.74, 6) is -0.377. The number of anilines is 1. The lowest BCUT2D eigenvalue weighted by Crippen LogP contribution is -2.53. The Balaban J connectivity index is 2.05. The van der Waals surface area contributed by atoms with E-state index in [0.717, 1.165) is 21.2 Å². The Kier molecular flexibility index (Phi) is 12.7. The second-order valence-corrected chi connectivity index (χ2v) is 12.4. The van der Waals surface area contributed by atoms with Crippen molar-refractivity contribution >= 4 is 39.3 Å². The predicted molar refractivity (Wildman–Crippen MR) is 170 cm³/mol. The van der Waals surface area contributed by atoms with Gasteiger partial charge in [-0.15, -0.1) is 11.8 Å². The first kappa shape index (κ1) is 33.0. The van der Waals surface area contributed by atoms with E-state index in [9.17, 15) is 18.0 Å². The first-order valence-corrected chi connectivity index (χ1v) is 16.9. The monoisotopic (exact) mass is 611 g/mol. The molecule has 3 aromatic rings. The normalized spacial score (nSPS) is 11.9. The summed E-state index contributed by atoms with van der Waals surface area (Å²) in [7, 11) is -4.19. The Bertz CT molecular complexity index is 1400. The third kappa shape index (κ3) is 8.51. The van der Waals surface area contributed by atoms with E-state index in [1.54, 1.807) is 48.5 Å². The molecule has 0 unspecified atom stereocenters. The van der Waals surface area contributed by atoms with Crippen molar-refractivity contribution in [2.45, 2.75) is 55.9 Å². The lowest BCUT2D eigenvalue weighted by Gasteiger charge is -2.33. The van der Waals surface area contributed by atoms with Gasteiger partial charge in [0.1, 0.15) is 18.3 Å². The molecule has 8 nitrogen and oxygen atoms in total. The molecule has 0 fully saturated rings. The number of nitrogens with one attached hydrogen (secondary N) is 1. The minimum atomic E-state index is -4.19. The maximum atomic E-state index is 14.2. The molecular weight excluding hydrogens is 571 g/mol. The van der Waals surface area contributed by atoms with Crippen LogP contribution < -0.4 is 14.4 Å². The van der Waals surface area contributed by atoms with Crippen LogP contribution in [0.5, 0.6) is 5.75 Å². The number of amides is 2. The number of para-hydroxylation sites is 2. The summed E-state index contributed by atoms with van der Waals surface area (Å²) in [6, 6.07) is 22.3. The predicted octanol–water partition coefficient (Wildman–Crippen LogP) is 5.38. The third-order valence-electron chi connectivity index (χ3n) is 6.78. The molecule has 1 atom stereocenters. The summed E-state index contributed by atoms with van der Waals surface area (Å²) in [6.07, 6.45) is 3.57. The highest BCUT2D eigenvalue weighted by Gasteiger charge is 2.34. The van der Waals surface area contributed by atoms with Crippen LogP contribution >= 0.6 is 11.8 Å². The molecule has 0 aliphatic heterocycles. The van der Waals surface area contributed by atoms with Crippen LogP contribution in [0.15, 0.2) is 88.7 Å². The number of hydrogen-bond acceptors (Lipinski definition) is 6.